The molecule has 1 aromatic carbocycles. The zero-order valence-electron chi connectivity index (χ0n) is 8.16. The van der Waals surface area contributed by atoms with Crippen LogP contribution in [-0.2, 0) is 4.79 Å². The first-order valence-corrected chi connectivity index (χ1v) is 5.55. The molecule has 0 aliphatic heterocycles. The average molecular weight is 213 g/mol. The molecule has 0 heterocycles. The monoisotopic (exact) mass is 213 g/mol. The Hall–Kier alpha value is -1.03. The lowest BCUT2D eigenvalue weighted by Crippen LogP contribution is -2.27. The van der Waals surface area contributed by atoms with Gasteiger partial charge in [-0.15, -0.1) is 0 Å². The number of hydrogen-bond donors (Lipinski definition) is 0. The highest BCUT2D eigenvalue weighted by Gasteiger charge is 2.09. The van der Waals surface area contributed by atoms with Crippen molar-refractivity contribution >= 4 is 23.4 Å². The molecule has 2 nitrogen and oxygen atoms in total. The molecule has 0 radical (unpaired) electrons. The second-order valence-electron chi connectivity index (χ2n) is 2.86. The Labute approximate surface area is 87.1 Å². The minimum absolute atomic E-state index is 0.0177. The third-order valence-corrected chi connectivity index (χ3v) is 2.39. The Morgan fingerprint density at radius 3 is 2.50 bits per heavy atom. The fourth-order valence-corrected chi connectivity index (χ4v) is 1.47. The Balaban J connectivity index is 2.73. The van der Waals surface area contributed by atoms with Crippen molar-refractivity contribution in [3.8, 4) is 0 Å². The van der Waals surface area contributed by atoms with E-state index in [1.807, 2.05) is 6.26 Å². The molecule has 0 aliphatic rings. The van der Waals surface area contributed by atoms with Crippen LogP contribution in [0.3, 0.4) is 0 Å². The zero-order chi connectivity index (χ0) is 10.6. The minimum Gasteiger partial charge on any atom is -0.315 e. The lowest BCUT2D eigenvalue weighted by atomic mass is 10.3. The summed E-state index contributed by atoms with van der Waals surface area (Å²) in [6.45, 7) is 0. The Morgan fingerprint density at radius 1 is 1.43 bits per heavy atom. The molecular formula is C10H12FNOS. The fourth-order valence-electron chi connectivity index (χ4n) is 1.03. The van der Waals surface area contributed by atoms with E-state index in [9.17, 15) is 9.18 Å². The van der Waals surface area contributed by atoms with Crippen LogP contribution in [0.15, 0.2) is 24.3 Å². The molecule has 0 N–H and O–H groups in total. The number of halogens is 1. The highest BCUT2D eigenvalue weighted by atomic mass is 32.2. The number of anilines is 1. The molecule has 0 aromatic heterocycles. The summed E-state index contributed by atoms with van der Waals surface area (Å²) in [7, 11) is 1.69. The fraction of sp³-hybridized carbons (Fsp3) is 0.300. The molecule has 14 heavy (non-hydrogen) atoms. The average Bonchev–Trinajstić information content (AvgIpc) is 2.18. The summed E-state index contributed by atoms with van der Waals surface area (Å²) in [5.74, 6) is 0.164. The van der Waals surface area contributed by atoms with Gasteiger partial charge in [-0.3, -0.25) is 4.79 Å². The number of nitrogens with zero attached hydrogens (tertiary/aromatic N) is 1. The van der Waals surface area contributed by atoms with Crippen molar-refractivity contribution in [1.29, 1.82) is 0 Å². The van der Waals surface area contributed by atoms with Gasteiger partial charge in [0.1, 0.15) is 5.82 Å². The molecule has 0 aliphatic carbocycles. The van der Waals surface area contributed by atoms with Crippen LogP contribution in [0.4, 0.5) is 10.1 Å². The second-order valence-corrected chi connectivity index (χ2v) is 3.73. The van der Waals surface area contributed by atoms with Crippen LogP contribution in [0.2, 0.25) is 0 Å². The third-order valence-electron chi connectivity index (χ3n) is 1.86. The van der Waals surface area contributed by atoms with Crippen molar-refractivity contribution in [2.24, 2.45) is 0 Å². The van der Waals surface area contributed by atoms with E-state index in [0.29, 0.717) is 11.4 Å². The van der Waals surface area contributed by atoms with Gasteiger partial charge in [-0.1, -0.05) is 0 Å². The lowest BCUT2D eigenvalue weighted by Gasteiger charge is -2.16. The summed E-state index contributed by atoms with van der Waals surface area (Å²) in [4.78, 5) is 13.0. The first-order valence-electron chi connectivity index (χ1n) is 4.16. The van der Waals surface area contributed by atoms with E-state index in [4.69, 9.17) is 0 Å². The van der Waals surface area contributed by atoms with E-state index < -0.39 is 0 Å². The predicted molar refractivity (Wildman–Crippen MR) is 58.2 cm³/mol. The smallest absolute Gasteiger partial charge is 0.236 e. The van der Waals surface area contributed by atoms with Crippen LogP contribution >= 0.6 is 11.8 Å². The molecule has 76 valence electrons. The van der Waals surface area contributed by atoms with Crippen molar-refractivity contribution < 1.29 is 9.18 Å². The summed E-state index contributed by atoms with van der Waals surface area (Å²) in [5, 5.41) is 0. The van der Waals surface area contributed by atoms with Crippen molar-refractivity contribution in [2.45, 2.75) is 0 Å². The number of carbonyl (C=O) groups is 1. The van der Waals surface area contributed by atoms with Gasteiger partial charge in [0.2, 0.25) is 5.91 Å². The normalized spacial score (nSPS) is 9.93. The van der Waals surface area contributed by atoms with E-state index in [0.717, 1.165) is 0 Å². The van der Waals surface area contributed by atoms with Gasteiger partial charge in [0.15, 0.2) is 0 Å². The molecule has 0 bridgehead atoms. The molecule has 0 atom stereocenters. The number of benzene rings is 1. The van der Waals surface area contributed by atoms with Crippen molar-refractivity contribution in [3.63, 3.8) is 0 Å². The van der Waals surface area contributed by atoms with Gasteiger partial charge in [0.05, 0.1) is 5.75 Å². The first-order chi connectivity index (χ1) is 6.65. The maximum Gasteiger partial charge on any atom is 0.236 e. The molecule has 0 unspecified atom stereocenters. The van der Waals surface area contributed by atoms with E-state index in [2.05, 4.69) is 0 Å². The second kappa shape index (κ2) is 5.00. The highest BCUT2D eigenvalue weighted by Crippen LogP contribution is 2.13. The minimum atomic E-state index is -0.292. The van der Waals surface area contributed by atoms with E-state index in [-0.39, 0.29) is 11.7 Å². The Kier molecular flexibility index (Phi) is 3.95. The van der Waals surface area contributed by atoms with E-state index in [1.54, 1.807) is 19.2 Å². The van der Waals surface area contributed by atoms with Crippen LogP contribution in [0.5, 0.6) is 0 Å². The number of carbonyl (C=O) groups excluding carboxylic acids is 1. The molecule has 1 aromatic rings. The van der Waals surface area contributed by atoms with Crippen LogP contribution in [0.25, 0.3) is 0 Å². The molecular weight excluding hydrogens is 201 g/mol. The standard InChI is InChI=1S/C10H12FNOS/c1-12(10(13)7-14-2)9-5-3-8(11)4-6-9/h3-6H,7H2,1-2H3. The van der Waals surface area contributed by atoms with E-state index in [1.165, 1.54) is 28.8 Å². The predicted octanol–water partition coefficient (Wildman–Crippen LogP) is 2.15. The summed E-state index contributed by atoms with van der Waals surface area (Å²) < 4.78 is 12.6. The van der Waals surface area contributed by atoms with Gasteiger partial charge in [-0.25, -0.2) is 4.39 Å². The molecule has 0 saturated carbocycles. The SMILES string of the molecule is CSCC(=O)N(C)c1ccc(F)cc1. The van der Waals surface area contributed by atoms with Crippen molar-refractivity contribution in [3.05, 3.63) is 30.1 Å². The van der Waals surface area contributed by atoms with Crippen LogP contribution in [0, 0.1) is 5.82 Å². The van der Waals surface area contributed by atoms with Crippen molar-refractivity contribution in [2.75, 3.05) is 24.0 Å². The molecule has 0 fully saturated rings. The van der Waals surface area contributed by atoms with Gasteiger partial charge < -0.3 is 4.90 Å². The van der Waals surface area contributed by atoms with Gasteiger partial charge >= 0.3 is 0 Å². The molecule has 0 spiro atoms. The molecule has 4 heteroatoms. The van der Waals surface area contributed by atoms with Crippen LogP contribution in [0.1, 0.15) is 0 Å². The Bertz CT molecular complexity index is 312. The van der Waals surface area contributed by atoms with Gasteiger partial charge in [-0.05, 0) is 30.5 Å². The van der Waals surface area contributed by atoms with Crippen LogP contribution < -0.4 is 4.90 Å². The van der Waals surface area contributed by atoms with Gasteiger partial charge in [0.25, 0.3) is 0 Å². The molecule has 0 saturated heterocycles. The summed E-state index contributed by atoms with van der Waals surface area (Å²) in [6.07, 6.45) is 1.87. The Morgan fingerprint density at radius 2 is 2.00 bits per heavy atom. The number of amides is 1. The lowest BCUT2D eigenvalue weighted by molar-refractivity contribution is -0.115. The number of rotatable bonds is 3. The van der Waals surface area contributed by atoms with Gasteiger partial charge in [0, 0.05) is 12.7 Å². The summed E-state index contributed by atoms with van der Waals surface area (Å²) in [6, 6.07) is 5.87. The maximum absolute atomic E-state index is 12.6. The molecule has 1 amide bonds. The summed E-state index contributed by atoms with van der Waals surface area (Å²) in [5.41, 5.74) is 0.713. The van der Waals surface area contributed by atoms with E-state index >= 15 is 0 Å². The van der Waals surface area contributed by atoms with Gasteiger partial charge in [-0.2, -0.15) is 11.8 Å². The summed E-state index contributed by atoms with van der Waals surface area (Å²) >= 11 is 1.47. The third kappa shape index (κ3) is 2.73. The number of hydrogen-bond acceptors (Lipinski definition) is 2. The number of thioether (sulfide) groups is 1. The zero-order valence-corrected chi connectivity index (χ0v) is 8.97. The van der Waals surface area contributed by atoms with Crippen molar-refractivity contribution in [1.82, 2.24) is 0 Å². The maximum atomic E-state index is 12.6. The topological polar surface area (TPSA) is 20.3 Å². The first kappa shape index (κ1) is 11.0. The molecule has 1 rings (SSSR count). The quantitative estimate of drug-likeness (QED) is 0.766. The van der Waals surface area contributed by atoms with Crippen LogP contribution in [-0.4, -0.2) is 25.0 Å². The highest BCUT2D eigenvalue weighted by molar-refractivity contribution is 7.99. The largest absolute Gasteiger partial charge is 0.315 e.